The summed E-state index contributed by atoms with van der Waals surface area (Å²) in [5.41, 5.74) is -0.0276. The van der Waals surface area contributed by atoms with Gasteiger partial charge < -0.3 is 5.32 Å². The van der Waals surface area contributed by atoms with Crippen molar-refractivity contribution in [2.45, 2.75) is 51.5 Å². The van der Waals surface area contributed by atoms with Crippen LogP contribution in [0.2, 0.25) is 0 Å². The van der Waals surface area contributed by atoms with Crippen molar-refractivity contribution in [3.63, 3.8) is 0 Å². The molecule has 90 valence electrons. The average Bonchev–Trinajstić information content (AvgIpc) is 2.44. The highest BCUT2D eigenvalue weighted by atomic mass is 16.2. The van der Waals surface area contributed by atoms with E-state index < -0.39 is 0 Å². The van der Waals surface area contributed by atoms with Gasteiger partial charge >= 0.3 is 0 Å². The van der Waals surface area contributed by atoms with E-state index in [0.29, 0.717) is 11.4 Å². The van der Waals surface area contributed by atoms with E-state index >= 15 is 0 Å². The van der Waals surface area contributed by atoms with Crippen molar-refractivity contribution in [3.8, 4) is 0 Å². The Morgan fingerprint density at radius 1 is 1.19 bits per heavy atom. The van der Waals surface area contributed by atoms with Gasteiger partial charge in [0.1, 0.15) is 5.54 Å². The van der Waals surface area contributed by atoms with Gasteiger partial charge in [-0.15, -0.1) is 0 Å². The normalized spacial score (nSPS) is 35.9. The molecule has 16 heavy (non-hydrogen) atoms. The molecule has 1 aliphatic heterocycles. The van der Waals surface area contributed by atoms with Crippen LogP contribution < -0.4 is 10.6 Å². The standard InChI is InChI=1S/C12H21N3O/c1-11(2)5-4-6-12(8-7-11)9(16)14-10(13-3)15-12/h4-8H2,1-3H3,(H2,13,14,15,16). The van der Waals surface area contributed by atoms with Gasteiger partial charge in [0.15, 0.2) is 5.96 Å². The molecule has 1 saturated carbocycles. The molecule has 2 aliphatic rings. The fourth-order valence-corrected chi connectivity index (χ4v) is 2.68. The van der Waals surface area contributed by atoms with Crippen LogP contribution in [0.5, 0.6) is 0 Å². The molecule has 1 heterocycles. The summed E-state index contributed by atoms with van der Waals surface area (Å²) in [7, 11) is 1.70. The Morgan fingerprint density at radius 2 is 1.94 bits per heavy atom. The van der Waals surface area contributed by atoms with Crippen molar-refractivity contribution in [3.05, 3.63) is 0 Å². The predicted octanol–water partition coefficient (Wildman–Crippen LogP) is 1.42. The summed E-state index contributed by atoms with van der Waals surface area (Å²) in [4.78, 5) is 16.1. The molecule has 1 aliphatic carbocycles. The predicted molar refractivity (Wildman–Crippen MR) is 64.2 cm³/mol. The zero-order valence-electron chi connectivity index (χ0n) is 10.4. The molecule has 1 unspecified atom stereocenters. The molecule has 0 aromatic heterocycles. The number of nitrogens with one attached hydrogen (secondary N) is 2. The van der Waals surface area contributed by atoms with Gasteiger partial charge in [-0.2, -0.15) is 0 Å². The Bertz CT molecular complexity index is 335. The number of carbonyl (C=O) groups is 1. The van der Waals surface area contributed by atoms with Crippen LogP contribution >= 0.6 is 0 Å². The van der Waals surface area contributed by atoms with E-state index in [4.69, 9.17) is 0 Å². The van der Waals surface area contributed by atoms with Gasteiger partial charge in [-0.05, 0) is 31.1 Å². The monoisotopic (exact) mass is 223 g/mol. The van der Waals surface area contributed by atoms with Crippen LogP contribution in [0.25, 0.3) is 0 Å². The molecule has 1 amide bonds. The molecule has 0 radical (unpaired) electrons. The van der Waals surface area contributed by atoms with Crippen molar-refractivity contribution < 1.29 is 4.79 Å². The highest BCUT2D eigenvalue weighted by Crippen LogP contribution is 2.39. The Balaban J connectivity index is 2.17. The Kier molecular flexibility index (Phi) is 2.68. The SMILES string of the molecule is CN=C1NC(=O)C2(CCCC(C)(C)CC2)N1. The summed E-state index contributed by atoms with van der Waals surface area (Å²) >= 11 is 0. The van der Waals surface area contributed by atoms with E-state index in [1.165, 1.54) is 6.42 Å². The quantitative estimate of drug-likeness (QED) is 0.652. The zero-order valence-corrected chi connectivity index (χ0v) is 10.4. The molecule has 1 atom stereocenters. The van der Waals surface area contributed by atoms with Gasteiger partial charge in [0.05, 0.1) is 0 Å². The van der Waals surface area contributed by atoms with Crippen molar-refractivity contribution in [1.82, 2.24) is 10.6 Å². The van der Waals surface area contributed by atoms with Crippen molar-refractivity contribution in [2.75, 3.05) is 7.05 Å². The summed E-state index contributed by atoms with van der Waals surface area (Å²) in [6, 6.07) is 0. The first kappa shape index (κ1) is 11.4. The van der Waals surface area contributed by atoms with E-state index in [2.05, 4.69) is 29.5 Å². The second-order valence-corrected chi connectivity index (χ2v) is 5.75. The van der Waals surface area contributed by atoms with Gasteiger partial charge in [0.2, 0.25) is 0 Å². The van der Waals surface area contributed by atoms with E-state index in [-0.39, 0.29) is 11.4 Å². The Labute approximate surface area is 96.9 Å². The summed E-state index contributed by atoms with van der Waals surface area (Å²) in [5, 5.41) is 6.09. The first-order chi connectivity index (χ1) is 7.47. The van der Waals surface area contributed by atoms with Gasteiger partial charge in [0.25, 0.3) is 5.91 Å². The van der Waals surface area contributed by atoms with Crippen LogP contribution in [0.3, 0.4) is 0 Å². The number of hydrogen-bond donors (Lipinski definition) is 2. The number of amides is 1. The number of hydrogen-bond acceptors (Lipinski definition) is 2. The topological polar surface area (TPSA) is 53.5 Å². The van der Waals surface area contributed by atoms with Gasteiger partial charge in [0, 0.05) is 7.05 Å². The lowest BCUT2D eigenvalue weighted by Gasteiger charge is -2.26. The molecular formula is C12H21N3O. The van der Waals surface area contributed by atoms with E-state index in [0.717, 1.165) is 25.7 Å². The largest absolute Gasteiger partial charge is 0.342 e. The molecular weight excluding hydrogens is 202 g/mol. The molecule has 1 spiro atoms. The first-order valence-electron chi connectivity index (χ1n) is 6.04. The van der Waals surface area contributed by atoms with E-state index in [1.807, 2.05) is 0 Å². The maximum Gasteiger partial charge on any atom is 0.252 e. The smallest absolute Gasteiger partial charge is 0.252 e. The lowest BCUT2D eigenvalue weighted by Crippen LogP contribution is -2.46. The fraction of sp³-hybridized carbons (Fsp3) is 0.833. The molecule has 0 aromatic rings. The second-order valence-electron chi connectivity index (χ2n) is 5.75. The van der Waals surface area contributed by atoms with Gasteiger partial charge in [-0.25, -0.2) is 0 Å². The molecule has 4 nitrogen and oxygen atoms in total. The summed E-state index contributed by atoms with van der Waals surface area (Å²) < 4.78 is 0. The number of guanidine groups is 1. The number of aliphatic imine (C=N–C) groups is 1. The maximum atomic E-state index is 12.0. The summed E-state index contributed by atoms with van der Waals surface area (Å²) in [6.07, 6.45) is 5.21. The molecule has 2 rings (SSSR count). The lowest BCUT2D eigenvalue weighted by atomic mass is 9.83. The highest BCUT2D eigenvalue weighted by Gasteiger charge is 2.46. The van der Waals surface area contributed by atoms with E-state index in [9.17, 15) is 4.79 Å². The molecule has 0 aromatic carbocycles. The molecule has 1 saturated heterocycles. The first-order valence-corrected chi connectivity index (χ1v) is 6.04. The van der Waals surface area contributed by atoms with Crippen molar-refractivity contribution in [2.24, 2.45) is 10.4 Å². The van der Waals surface area contributed by atoms with Crippen LogP contribution in [0.15, 0.2) is 4.99 Å². The van der Waals surface area contributed by atoms with Crippen LogP contribution in [0, 0.1) is 5.41 Å². The average molecular weight is 223 g/mol. The van der Waals surface area contributed by atoms with Crippen LogP contribution in [-0.4, -0.2) is 24.5 Å². The van der Waals surface area contributed by atoms with Crippen LogP contribution in [-0.2, 0) is 4.79 Å². The molecule has 4 heteroatoms. The van der Waals surface area contributed by atoms with Crippen LogP contribution in [0.1, 0.15) is 46.0 Å². The van der Waals surface area contributed by atoms with E-state index in [1.54, 1.807) is 7.05 Å². The Morgan fingerprint density at radius 3 is 2.56 bits per heavy atom. The third-order valence-corrected chi connectivity index (χ3v) is 3.93. The molecule has 0 bridgehead atoms. The van der Waals surface area contributed by atoms with Gasteiger partial charge in [-0.3, -0.25) is 15.1 Å². The molecule has 2 N–H and O–H groups in total. The zero-order chi connectivity index (χ0) is 11.8. The summed E-state index contributed by atoms with van der Waals surface area (Å²) in [6.45, 7) is 4.57. The maximum absolute atomic E-state index is 12.0. The summed E-state index contributed by atoms with van der Waals surface area (Å²) in [5.74, 6) is 0.732. The third kappa shape index (κ3) is 1.93. The Hall–Kier alpha value is -1.06. The minimum absolute atomic E-state index is 0.103. The third-order valence-electron chi connectivity index (χ3n) is 3.93. The minimum Gasteiger partial charge on any atom is -0.342 e. The molecule has 2 fully saturated rings. The second kappa shape index (κ2) is 3.75. The number of carbonyl (C=O) groups excluding carboxylic acids is 1. The highest BCUT2D eigenvalue weighted by molar-refractivity contribution is 6.08. The van der Waals surface area contributed by atoms with Crippen molar-refractivity contribution in [1.29, 1.82) is 0 Å². The van der Waals surface area contributed by atoms with Crippen LogP contribution in [0.4, 0.5) is 0 Å². The fourth-order valence-electron chi connectivity index (χ4n) is 2.68. The van der Waals surface area contributed by atoms with Crippen molar-refractivity contribution >= 4 is 11.9 Å². The van der Waals surface area contributed by atoms with Gasteiger partial charge in [-0.1, -0.05) is 20.3 Å². The lowest BCUT2D eigenvalue weighted by molar-refractivity contribution is -0.124. The minimum atomic E-state index is -0.386. The number of nitrogens with zero attached hydrogens (tertiary/aromatic N) is 1. The number of rotatable bonds is 0.